The highest BCUT2D eigenvalue weighted by Gasteiger charge is 2.16. The molecule has 2 heterocycles. The Kier molecular flexibility index (Phi) is 3.72. The first kappa shape index (κ1) is 12.7. The maximum Gasteiger partial charge on any atom is 0.231 e. The number of hydrogen-bond acceptors (Lipinski definition) is 5. The molecule has 0 fully saturated rings. The molecule has 2 rings (SSSR count). The van der Waals surface area contributed by atoms with Gasteiger partial charge < -0.3 is 10.3 Å². The van der Waals surface area contributed by atoms with E-state index in [0.29, 0.717) is 18.3 Å². The van der Waals surface area contributed by atoms with E-state index in [2.05, 4.69) is 22.0 Å². The third-order valence-electron chi connectivity index (χ3n) is 2.91. The van der Waals surface area contributed by atoms with Crippen molar-refractivity contribution in [2.45, 2.75) is 33.1 Å². The largest absolute Gasteiger partial charge is 0.339 e. The Morgan fingerprint density at radius 1 is 1.22 bits per heavy atom. The first-order valence-electron chi connectivity index (χ1n) is 6.13. The molecule has 96 valence electrons. The number of nitrogens with zero attached hydrogens (tertiary/aromatic N) is 3. The van der Waals surface area contributed by atoms with Gasteiger partial charge in [-0.15, -0.1) is 0 Å². The molecule has 2 aromatic rings. The van der Waals surface area contributed by atoms with E-state index in [0.717, 1.165) is 23.4 Å². The number of rotatable bonds is 4. The summed E-state index contributed by atoms with van der Waals surface area (Å²) in [5.41, 5.74) is 8.50. The van der Waals surface area contributed by atoms with Crippen molar-refractivity contribution in [2.75, 3.05) is 6.54 Å². The van der Waals surface area contributed by atoms with Gasteiger partial charge in [0, 0.05) is 23.5 Å². The summed E-state index contributed by atoms with van der Waals surface area (Å²) >= 11 is 0. The van der Waals surface area contributed by atoms with Crippen molar-refractivity contribution in [3.63, 3.8) is 0 Å². The number of aromatic nitrogens is 3. The van der Waals surface area contributed by atoms with E-state index in [-0.39, 0.29) is 5.92 Å². The molecule has 0 saturated heterocycles. The molecule has 0 radical (unpaired) electrons. The standard InChI is InChI=1S/C13H18N4O/c1-4-10(7-14)13-16-12(17-18-13)11-5-8(2)15-9(3)6-11/h5-6,10H,4,7,14H2,1-3H3. The van der Waals surface area contributed by atoms with Gasteiger partial charge in [0.1, 0.15) is 0 Å². The van der Waals surface area contributed by atoms with Gasteiger partial charge in [0.2, 0.25) is 11.7 Å². The van der Waals surface area contributed by atoms with Gasteiger partial charge in [-0.05, 0) is 32.4 Å². The molecule has 0 aliphatic heterocycles. The zero-order valence-electron chi connectivity index (χ0n) is 11.0. The number of nitrogens with two attached hydrogens (primary N) is 1. The quantitative estimate of drug-likeness (QED) is 0.894. The van der Waals surface area contributed by atoms with Crippen molar-refractivity contribution in [2.24, 2.45) is 5.73 Å². The minimum atomic E-state index is 0.135. The van der Waals surface area contributed by atoms with Crippen LogP contribution in [0.1, 0.15) is 36.5 Å². The van der Waals surface area contributed by atoms with Crippen molar-refractivity contribution in [1.82, 2.24) is 15.1 Å². The molecule has 2 N–H and O–H groups in total. The molecule has 5 nitrogen and oxygen atoms in total. The lowest BCUT2D eigenvalue weighted by Crippen LogP contribution is -2.11. The predicted molar refractivity (Wildman–Crippen MR) is 69.1 cm³/mol. The smallest absolute Gasteiger partial charge is 0.231 e. The summed E-state index contributed by atoms with van der Waals surface area (Å²) < 4.78 is 5.28. The van der Waals surface area contributed by atoms with E-state index >= 15 is 0 Å². The molecule has 0 aliphatic rings. The third kappa shape index (κ3) is 2.56. The molecular weight excluding hydrogens is 228 g/mol. The molecule has 0 spiro atoms. The van der Waals surface area contributed by atoms with Crippen LogP contribution < -0.4 is 5.73 Å². The SMILES string of the molecule is CCC(CN)c1nc(-c2cc(C)nc(C)c2)no1. The predicted octanol–water partition coefficient (Wildman–Crippen LogP) is 2.20. The normalized spacial score (nSPS) is 12.7. The van der Waals surface area contributed by atoms with Gasteiger partial charge in [0.25, 0.3) is 0 Å². The van der Waals surface area contributed by atoms with Crippen molar-refractivity contribution in [3.8, 4) is 11.4 Å². The van der Waals surface area contributed by atoms with Gasteiger partial charge in [-0.1, -0.05) is 12.1 Å². The first-order valence-corrected chi connectivity index (χ1v) is 6.13. The Labute approximate surface area is 106 Å². The minimum Gasteiger partial charge on any atom is -0.339 e. The van der Waals surface area contributed by atoms with Crippen molar-refractivity contribution in [1.29, 1.82) is 0 Å². The van der Waals surface area contributed by atoms with Crippen LogP contribution >= 0.6 is 0 Å². The number of aryl methyl sites for hydroxylation is 2. The zero-order valence-corrected chi connectivity index (χ0v) is 11.0. The van der Waals surface area contributed by atoms with Gasteiger partial charge in [-0.2, -0.15) is 4.98 Å². The summed E-state index contributed by atoms with van der Waals surface area (Å²) in [5.74, 6) is 1.35. The van der Waals surface area contributed by atoms with Crippen LogP contribution in [0.4, 0.5) is 0 Å². The lowest BCUT2D eigenvalue weighted by molar-refractivity contribution is 0.351. The summed E-state index contributed by atoms with van der Waals surface area (Å²) in [4.78, 5) is 8.75. The second-order valence-electron chi connectivity index (χ2n) is 4.44. The van der Waals surface area contributed by atoms with Crippen LogP contribution in [0.2, 0.25) is 0 Å². The number of hydrogen-bond donors (Lipinski definition) is 1. The Morgan fingerprint density at radius 2 is 1.89 bits per heavy atom. The summed E-state index contributed by atoms with van der Waals surface area (Å²) in [6.07, 6.45) is 0.895. The van der Waals surface area contributed by atoms with Crippen LogP contribution in [0.3, 0.4) is 0 Å². The molecule has 0 aliphatic carbocycles. The van der Waals surface area contributed by atoms with Gasteiger partial charge in [0.15, 0.2) is 0 Å². The topological polar surface area (TPSA) is 77.8 Å². The molecule has 1 atom stereocenters. The Balaban J connectivity index is 2.34. The maximum atomic E-state index is 5.67. The zero-order chi connectivity index (χ0) is 13.1. The lowest BCUT2D eigenvalue weighted by atomic mass is 10.1. The molecule has 0 saturated carbocycles. The van der Waals surface area contributed by atoms with Crippen molar-refractivity contribution < 1.29 is 4.52 Å². The maximum absolute atomic E-state index is 5.67. The molecule has 0 amide bonds. The average Bonchev–Trinajstić information content (AvgIpc) is 2.79. The highest BCUT2D eigenvalue weighted by Crippen LogP contribution is 2.22. The highest BCUT2D eigenvalue weighted by molar-refractivity contribution is 5.55. The number of pyridine rings is 1. The van der Waals surface area contributed by atoms with E-state index < -0.39 is 0 Å². The summed E-state index contributed by atoms with van der Waals surface area (Å²) in [7, 11) is 0. The summed E-state index contributed by atoms with van der Waals surface area (Å²) in [6, 6.07) is 3.90. The average molecular weight is 246 g/mol. The van der Waals surface area contributed by atoms with Gasteiger partial charge in [-0.3, -0.25) is 4.98 Å². The van der Waals surface area contributed by atoms with E-state index in [1.807, 2.05) is 26.0 Å². The van der Waals surface area contributed by atoms with Crippen molar-refractivity contribution >= 4 is 0 Å². The minimum absolute atomic E-state index is 0.135. The molecule has 18 heavy (non-hydrogen) atoms. The van der Waals surface area contributed by atoms with E-state index in [9.17, 15) is 0 Å². The fraction of sp³-hybridized carbons (Fsp3) is 0.462. The third-order valence-corrected chi connectivity index (χ3v) is 2.91. The Hall–Kier alpha value is -1.75. The van der Waals surface area contributed by atoms with Crippen LogP contribution in [0, 0.1) is 13.8 Å². The summed E-state index contributed by atoms with van der Waals surface area (Å²) in [6.45, 7) is 6.48. The molecule has 0 bridgehead atoms. The van der Waals surface area contributed by atoms with Crippen LogP contribution in [-0.2, 0) is 0 Å². The molecule has 1 unspecified atom stereocenters. The Morgan fingerprint density at radius 3 is 2.44 bits per heavy atom. The second kappa shape index (κ2) is 5.27. The second-order valence-corrected chi connectivity index (χ2v) is 4.44. The van der Waals surface area contributed by atoms with Crippen LogP contribution in [0.15, 0.2) is 16.7 Å². The monoisotopic (exact) mass is 246 g/mol. The lowest BCUT2D eigenvalue weighted by Gasteiger charge is -2.04. The molecule has 2 aromatic heterocycles. The fourth-order valence-corrected chi connectivity index (χ4v) is 1.92. The van der Waals surface area contributed by atoms with E-state index in [4.69, 9.17) is 10.3 Å². The first-order chi connectivity index (χ1) is 8.63. The highest BCUT2D eigenvalue weighted by atomic mass is 16.5. The Bertz CT molecular complexity index is 511. The van der Waals surface area contributed by atoms with Crippen LogP contribution in [0.25, 0.3) is 11.4 Å². The van der Waals surface area contributed by atoms with Crippen molar-refractivity contribution in [3.05, 3.63) is 29.4 Å². The molecular formula is C13H18N4O. The molecule has 5 heteroatoms. The summed E-state index contributed by atoms with van der Waals surface area (Å²) in [5, 5.41) is 4.02. The van der Waals surface area contributed by atoms with Gasteiger partial charge >= 0.3 is 0 Å². The van der Waals surface area contributed by atoms with Gasteiger partial charge in [-0.25, -0.2) is 0 Å². The van der Waals surface area contributed by atoms with E-state index in [1.54, 1.807) is 0 Å². The van der Waals surface area contributed by atoms with E-state index in [1.165, 1.54) is 0 Å². The molecule has 0 aromatic carbocycles. The van der Waals surface area contributed by atoms with Gasteiger partial charge in [0.05, 0.1) is 5.92 Å². The fourth-order valence-electron chi connectivity index (χ4n) is 1.92. The van der Waals surface area contributed by atoms with Crippen LogP contribution in [-0.4, -0.2) is 21.7 Å². The van der Waals surface area contributed by atoms with Crippen LogP contribution in [0.5, 0.6) is 0 Å².